The Kier molecular flexibility index (Phi) is 4.66. The third-order valence-corrected chi connectivity index (χ3v) is 5.25. The fraction of sp³-hybridized carbons (Fsp3) is 0.200. The second-order valence-electron chi connectivity index (χ2n) is 7.24. The number of ketones is 2. The van der Waals surface area contributed by atoms with Gasteiger partial charge in [0.1, 0.15) is 11.5 Å². The molecule has 1 aliphatic carbocycles. The summed E-state index contributed by atoms with van der Waals surface area (Å²) in [5.74, 6) is -0.971. The maximum Gasteiger partial charge on any atom is 0.210 e. The minimum absolute atomic E-state index is 0.0441. The molecule has 0 saturated carbocycles. The lowest BCUT2D eigenvalue weighted by Gasteiger charge is -2.25. The highest BCUT2D eigenvalue weighted by Gasteiger charge is 2.38. The summed E-state index contributed by atoms with van der Waals surface area (Å²) in [4.78, 5) is 35.3. The number of carbonyl (C=O) groups is 2. The highest BCUT2D eigenvalue weighted by Crippen LogP contribution is 2.42. The van der Waals surface area contributed by atoms with Crippen molar-refractivity contribution in [2.45, 2.75) is 0 Å². The Morgan fingerprint density at radius 1 is 0.656 bits per heavy atom. The third kappa shape index (κ3) is 3.17. The Labute approximate surface area is 181 Å². The summed E-state index contributed by atoms with van der Waals surface area (Å²) in [7, 11) is 0. The van der Waals surface area contributed by atoms with Crippen molar-refractivity contribution < 1.29 is 19.8 Å². The molecule has 0 atom stereocenters. The number of hydrogen-bond acceptors (Lipinski definition) is 12. The summed E-state index contributed by atoms with van der Waals surface area (Å²) in [5.41, 5.74) is 11.8. The van der Waals surface area contributed by atoms with Gasteiger partial charge in [-0.2, -0.15) is 0 Å². The number of phenols is 2. The van der Waals surface area contributed by atoms with Gasteiger partial charge in [0.15, 0.2) is 0 Å². The van der Waals surface area contributed by atoms with Crippen LogP contribution in [0.2, 0.25) is 0 Å². The van der Waals surface area contributed by atoms with E-state index in [9.17, 15) is 19.8 Å². The van der Waals surface area contributed by atoms with Crippen LogP contribution in [-0.4, -0.2) is 59.9 Å². The summed E-state index contributed by atoms with van der Waals surface area (Å²) >= 11 is 0. The molecule has 2 heterocycles. The minimum atomic E-state index is -0.603. The molecule has 0 saturated heterocycles. The van der Waals surface area contributed by atoms with Crippen molar-refractivity contribution in [3.05, 3.63) is 46.5 Å². The number of nitrogens with one attached hydrogen (secondary N) is 6. The smallest absolute Gasteiger partial charge is 0.210 e. The van der Waals surface area contributed by atoms with Crippen LogP contribution in [0.3, 0.4) is 0 Å². The number of rotatable bonds is 4. The Morgan fingerprint density at radius 2 is 1.09 bits per heavy atom. The van der Waals surface area contributed by atoms with Crippen LogP contribution in [0.1, 0.15) is 31.8 Å². The van der Waals surface area contributed by atoms with Gasteiger partial charge in [-0.15, -0.1) is 0 Å². The van der Waals surface area contributed by atoms with E-state index in [1.165, 1.54) is 12.1 Å². The molecule has 8 N–H and O–H groups in total. The number of guanidine groups is 2. The number of phenolic OH excluding ortho intramolecular Hbond substituents is 2. The van der Waals surface area contributed by atoms with E-state index >= 15 is 0 Å². The van der Waals surface area contributed by atoms with Crippen molar-refractivity contribution >= 4 is 34.9 Å². The lowest BCUT2D eigenvalue weighted by molar-refractivity contribution is 0.0975. The van der Waals surface area contributed by atoms with Crippen LogP contribution >= 0.6 is 0 Å². The zero-order valence-corrected chi connectivity index (χ0v) is 16.7. The van der Waals surface area contributed by atoms with Crippen LogP contribution < -0.4 is 32.3 Å². The van der Waals surface area contributed by atoms with Crippen molar-refractivity contribution in [3.63, 3.8) is 0 Å². The number of benzene rings is 2. The molecule has 0 fully saturated rings. The molecule has 12 heteroatoms. The molecule has 0 bridgehead atoms. The zero-order chi connectivity index (χ0) is 22.2. The number of aliphatic imine (C=N–C) groups is 2. The molecule has 0 aromatic heterocycles. The fourth-order valence-corrected chi connectivity index (χ4v) is 3.79. The van der Waals surface area contributed by atoms with Gasteiger partial charge < -0.3 is 20.8 Å². The van der Waals surface area contributed by atoms with E-state index in [1.807, 2.05) is 0 Å². The standard InChI is InChI=1S/C20H20N8O4/c29-11-3-4-12(30)16-15(11)17(31)13-9(25-27-19-21-5-6-22-19)1-2-10(14(13)18(16)32)26-28-20-23-7-8-24-20/h1-4,25-26,29-30H,5-8H2,(H2,21,22,27)(H2,23,24,28). The Balaban J connectivity index is 1.58. The van der Waals surface area contributed by atoms with Gasteiger partial charge in [0.2, 0.25) is 23.5 Å². The predicted molar refractivity (Wildman–Crippen MR) is 117 cm³/mol. The molecule has 0 unspecified atom stereocenters. The first-order valence-electron chi connectivity index (χ1n) is 9.96. The van der Waals surface area contributed by atoms with Gasteiger partial charge in [0.25, 0.3) is 0 Å². The highest BCUT2D eigenvalue weighted by molar-refractivity contribution is 6.33. The average molecular weight is 436 g/mol. The summed E-state index contributed by atoms with van der Waals surface area (Å²) in [6.45, 7) is 2.61. The molecule has 164 valence electrons. The zero-order valence-electron chi connectivity index (χ0n) is 16.7. The SMILES string of the molecule is O=C1c2c(O)ccc(O)c2C(=O)c2c(NNC3=NCCN3)ccc(NNC3=NCCN3)c21. The molecular formula is C20H20N8O4. The van der Waals surface area contributed by atoms with Gasteiger partial charge in [0, 0.05) is 13.1 Å². The molecule has 0 radical (unpaired) electrons. The van der Waals surface area contributed by atoms with Crippen molar-refractivity contribution in [2.24, 2.45) is 9.98 Å². The van der Waals surface area contributed by atoms with Crippen molar-refractivity contribution in [1.29, 1.82) is 0 Å². The third-order valence-electron chi connectivity index (χ3n) is 5.25. The Morgan fingerprint density at radius 3 is 1.47 bits per heavy atom. The molecule has 12 nitrogen and oxygen atoms in total. The van der Waals surface area contributed by atoms with Gasteiger partial charge in [0.05, 0.1) is 46.7 Å². The second kappa shape index (κ2) is 7.65. The predicted octanol–water partition coefficient (Wildman–Crippen LogP) is -0.375. The van der Waals surface area contributed by atoms with Gasteiger partial charge in [-0.1, -0.05) is 0 Å². The molecule has 3 aliphatic rings. The first-order chi connectivity index (χ1) is 15.5. The van der Waals surface area contributed by atoms with Gasteiger partial charge in [-0.05, 0) is 24.3 Å². The largest absolute Gasteiger partial charge is 0.507 e. The van der Waals surface area contributed by atoms with E-state index in [-0.39, 0.29) is 33.8 Å². The first kappa shape index (κ1) is 19.5. The van der Waals surface area contributed by atoms with Crippen LogP contribution in [0.4, 0.5) is 11.4 Å². The van der Waals surface area contributed by atoms with Crippen LogP contribution in [0.5, 0.6) is 11.5 Å². The molecule has 2 aromatic rings. The molecule has 2 aromatic carbocycles. The van der Waals surface area contributed by atoms with Crippen LogP contribution in [0.25, 0.3) is 0 Å². The van der Waals surface area contributed by atoms with Gasteiger partial charge >= 0.3 is 0 Å². The second-order valence-corrected chi connectivity index (χ2v) is 7.24. The number of hydrogen-bond donors (Lipinski definition) is 8. The van der Waals surface area contributed by atoms with Crippen molar-refractivity contribution in [3.8, 4) is 11.5 Å². The average Bonchev–Trinajstić information content (AvgIpc) is 3.50. The number of nitrogens with zero attached hydrogens (tertiary/aromatic N) is 2. The van der Waals surface area contributed by atoms with E-state index in [0.29, 0.717) is 49.5 Å². The van der Waals surface area contributed by atoms with Gasteiger partial charge in [-0.25, -0.2) is 0 Å². The van der Waals surface area contributed by atoms with E-state index in [2.05, 4.69) is 42.3 Å². The molecule has 0 spiro atoms. The fourth-order valence-electron chi connectivity index (χ4n) is 3.79. The van der Waals surface area contributed by atoms with E-state index in [0.717, 1.165) is 0 Å². The molecular weight excluding hydrogens is 416 g/mol. The number of aromatic hydroxyl groups is 2. The van der Waals surface area contributed by atoms with E-state index in [4.69, 9.17) is 0 Å². The van der Waals surface area contributed by atoms with E-state index < -0.39 is 11.6 Å². The summed E-state index contributed by atoms with van der Waals surface area (Å²) < 4.78 is 0. The van der Waals surface area contributed by atoms with Crippen molar-refractivity contribution in [1.82, 2.24) is 21.5 Å². The first-order valence-corrected chi connectivity index (χ1v) is 9.96. The number of carbonyl (C=O) groups excluding carboxylic acids is 2. The summed E-state index contributed by atoms with van der Waals surface area (Å²) in [5, 5.41) is 26.7. The number of fused-ring (bicyclic) bond motifs is 2. The maximum absolute atomic E-state index is 13.4. The van der Waals surface area contributed by atoms with Crippen LogP contribution in [-0.2, 0) is 0 Å². The maximum atomic E-state index is 13.4. The Hall–Kier alpha value is -4.48. The van der Waals surface area contributed by atoms with E-state index in [1.54, 1.807) is 12.1 Å². The normalized spacial score (nSPS) is 16.2. The summed E-state index contributed by atoms with van der Waals surface area (Å²) in [6, 6.07) is 5.59. The quantitative estimate of drug-likeness (QED) is 0.199. The lowest BCUT2D eigenvalue weighted by Crippen LogP contribution is -2.39. The minimum Gasteiger partial charge on any atom is -0.507 e. The molecule has 5 rings (SSSR count). The van der Waals surface area contributed by atoms with Gasteiger partial charge in [-0.3, -0.25) is 41.3 Å². The molecule has 32 heavy (non-hydrogen) atoms. The van der Waals surface area contributed by atoms with Crippen LogP contribution in [0, 0.1) is 0 Å². The highest BCUT2D eigenvalue weighted by atomic mass is 16.3. The number of hydrazine groups is 2. The topological polar surface area (TPSA) is 171 Å². The molecule has 0 amide bonds. The Bertz CT molecular complexity index is 1110. The summed E-state index contributed by atoms with van der Waals surface area (Å²) in [6.07, 6.45) is 0. The monoisotopic (exact) mass is 436 g/mol. The van der Waals surface area contributed by atoms with Crippen molar-refractivity contribution in [2.75, 3.05) is 37.0 Å². The lowest BCUT2D eigenvalue weighted by atomic mass is 9.81. The van der Waals surface area contributed by atoms with Crippen LogP contribution in [0.15, 0.2) is 34.3 Å². The molecule has 2 aliphatic heterocycles. The number of anilines is 2.